The number of hydrogen-bond donors (Lipinski definition) is 2. The largest absolute Gasteiger partial charge is 0.465 e. The summed E-state index contributed by atoms with van der Waals surface area (Å²) in [6.07, 6.45) is 0.369. The van der Waals surface area contributed by atoms with Gasteiger partial charge in [0.05, 0.1) is 12.8 Å². The fourth-order valence-electron chi connectivity index (χ4n) is 1.52. The molecule has 0 atom stereocenters. The zero-order valence-corrected chi connectivity index (χ0v) is 12.5. The third-order valence-electron chi connectivity index (χ3n) is 2.51. The van der Waals surface area contributed by atoms with E-state index in [4.69, 9.17) is 4.74 Å². The Morgan fingerprint density at radius 3 is 2.68 bits per heavy atom. The van der Waals surface area contributed by atoms with Crippen molar-refractivity contribution in [3.8, 4) is 0 Å². The molecule has 1 heterocycles. The summed E-state index contributed by atoms with van der Waals surface area (Å²) in [5.74, 6) is -0.534. The molecule has 1 aromatic heterocycles. The summed E-state index contributed by atoms with van der Waals surface area (Å²) in [6.45, 7) is 6.51. The number of hydrogen-bond acceptors (Lipinski definition) is 5. The molecule has 0 fully saturated rings. The summed E-state index contributed by atoms with van der Waals surface area (Å²) < 4.78 is 4.69. The van der Waals surface area contributed by atoms with E-state index in [1.54, 1.807) is 0 Å². The van der Waals surface area contributed by atoms with Crippen molar-refractivity contribution in [3.05, 3.63) is 15.8 Å². The van der Waals surface area contributed by atoms with Crippen molar-refractivity contribution < 1.29 is 14.3 Å². The lowest BCUT2D eigenvalue weighted by molar-refractivity contribution is -0.116. The van der Waals surface area contributed by atoms with Crippen LogP contribution in [0, 0.1) is 6.92 Å². The first-order valence-electron chi connectivity index (χ1n) is 6.15. The number of carbonyl (C=O) groups excluding carboxylic acids is 2. The van der Waals surface area contributed by atoms with Gasteiger partial charge in [-0.15, -0.1) is 11.3 Å². The van der Waals surface area contributed by atoms with Crippen molar-refractivity contribution in [2.24, 2.45) is 0 Å². The number of rotatable bonds is 6. The van der Waals surface area contributed by atoms with Crippen LogP contribution in [0.1, 0.15) is 35.5 Å². The first-order chi connectivity index (χ1) is 8.95. The summed E-state index contributed by atoms with van der Waals surface area (Å²) >= 11 is 1.27. The summed E-state index contributed by atoms with van der Waals surface area (Å²) in [6, 6.07) is 0.348. The third kappa shape index (κ3) is 4.65. The number of anilines is 1. The van der Waals surface area contributed by atoms with E-state index < -0.39 is 5.97 Å². The monoisotopic (exact) mass is 284 g/mol. The van der Waals surface area contributed by atoms with Gasteiger partial charge in [-0.05, 0) is 17.9 Å². The van der Waals surface area contributed by atoms with Gasteiger partial charge >= 0.3 is 5.97 Å². The second kappa shape index (κ2) is 7.25. The lowest BCUT2D eigenvalue weighted by atomic mass is 10.2. The summed E-state index contributed by atoms with van der Waals surface area (Å²) in [5.41, 5.74) is 1.43. The van der Waals surface area contributed by atoms with Crippen molar-refractivity contribution >= 4 is 28.9 Å². The number of nitrogens with one attached hydrogen (secondary N) is 2. The fourth-order valence-corrected chi connectivity index (χ4v) is 2.44. The number of amides is 1. The molecule has 0 aliphatic heterocycles. The van der Waals surface area contributed by atoms with Crippen molar-refractivity contribution in [1.82, 2.24) is 5.32 Å². The molecule has 19 heavy (non-hydrogen) atoms. The molecule has 5 nitrogen and oxygen atoms in total. The number of carbonyl (C=O) groups is 2. The van der Waals surface area contributed by atoms with E-state index in [1.165, 1.54) is 18.4 Å². The Hall–Kier alpha value is -1.40. The Morgan fingerprint density at radius 1 is 1.42 bits per heavy atom. The van der Waals surface area contributed by atoms with E-state index in [1.807, 2.05) is 26.2 Å². The van der Waals surface area contributed by atoms with Gasteiger partial charge in [-0.3, -0.25) is 4.79 Å². The van der Waals surface area contributed by atoms with Crippen molar-refractivity contribution in [3.63, 3.8) is 0 Å². The molecule has 6 heteroatoms. The molecule has 2 N–H and O–H groups in total. The minimum atomic E-state index is -0.422. The van der Waals surface area contributed by atoms with E-state index in [0.717, 1.165) is 5.56 Å². The molecule has 1 amide bonds. The minimum Gasteiger partial charge on any atom is -0.465 e. The summed E-state index contributed by atoms with van der Waals surface area (Å²) in [5, 5.41) is 7.78. The van der Waals surface area contributed by atoms with E-state index in [-0.39, 0.29) is 5.91 Å². The maximum atomic E-state index is 11.8. The Labute approximate surface area is 117 Å². The molecular weight excluding hydrogens is 264 g/mol. The number of aryl methyl sites for hydroxylation is 1. The quantitative estimate of drug-likeness (QED) is 0.786. The maximum absolute atomic E-state index is 11.8. The van der Waals surface area contributed by atoms with Gasteiger partial charge in [0.15, 0.2) is 0 Å². The van der Waals surface area contributed by atoms with Gasteiger partial charge < -0.3 is 15.4 Å². The van der Waals surface area contributed by atoms with E-state index >= 15 is 0 Å². The second-order valence-electron chi connectivity index (χ2n) is 4.52. The predicted octanol–water partition coefficient (Wildman–Crippen LogP) is 2.17. The Balaban J connectivity index is 2.63. The van der Waals surface area contributed by atoms with Gasteiger partial charge in [-0.25, -0.2) is 4.79 Å². The molecule has 1 aromatic rings. The van der Waals surface area contributed by atoms with Crippen LogP contribution in [0.2, 0.25) is 0 Å². The topological polar surface area (TPSA) is 67.4 Å². The molecule has 0 saturated heterocycles. The minimum absolute atomic E-state index is 0.111. The number of esters is 1. The summed E-state index contributed by atoms with van der Waals surface area (Å²) in [4.78, 5) is 23.8. The molecule has 0 bridgehead atoms. The third-order valence-corrected chi connectivity index (χ3v) is 3.59. The van der Waals surface area contributed by atoms with Gasteiger partial charge in [0, 0.05) is 19.0 Å². The van der Waals surface area contributed by atoms with Crippen molar-refractivity contribution in [2.45, 2.75) is 33.2 Å². The molecule has 0 aliphatic carbocycles. The standard InChI is InChI=1S/C13H20N2O3S/c1-8(2)14-6-5-10(16)15-11-9(3)7-19-12(11)13(17)18-4/h7-8,14H,5-6H2,1-4H3,(H,15,16). The number of methoxy groups -OCH3 is 1. The zero-order valence-electron chi connectivity index (χ0n) is 11.7. The van der Waals surface area contributed by atoms with Crippen LogP contribution in [0.25, 0.3) is 0 Å². The van der Waals surface area contributed by atoms with Crippen molar-refractivity contribution in [2.75, 3.05) is 19.0 Å². The predicted molar refractivity (Wildman–Crippen MR) is 76.8 cm³/mol. The highest BCUT2D eigenvalue weighted by Gasteiger charge is 2.18. The molecule has 0 aromatic carbocycles. The Kier molecular flexibility index (Phi) is 5.98. The Bertz CT molecular complexity index is 455. The first kappa shape index (κ1) is 15.7. The lowest BCUT2D eigenvalue weighted by Gasteiger charge is -2.09. The van der Waals surface area contributed by atoms with Gasteiger partial charge in [-0.2, -0.15) is 0 Å². The van der Waals surface area contributed by atoms with Crippen LogP contribution < -0.4 is 10.6 Å². The van der Waals surface area contributed by atoms with Gasteiger partial charge in [0.2, 0.25) is 5.91 Å². The van der Waals surface area contributed by atoms with Gasteiger partial charge in [0.25, 0.3) is 0 Å². The lowest BCUT2D eigenvalue weighted by Crippen LogP contribution is -2.27. The average Bonchev–Trinajstić information content (AvgIpc) is 2.70. The zero-order chi connectivity index (χ0) is 14.4. The van der Waals surface area contributed by atoms with Gasteiger partial charge in [-0.1, -0.05) is 13.8 Å². The molecule has 0 spiro atoms. The van der Waals surface area contributed by atoms with Crippen LogP contribution in [0.5, 0.6) is 0 Å². The fraction of sp³-hybridized carbons (Fsp3) is 0.538. The highest BCUT2D eigenvalue weighted by molar-refractivity contribution is 7.12. The molecule has 0 saturated carbocycles. The first-order valence-corrected chi connectivity index (χ1v) is 7.03. The Morgan fingerprint density at radius 2 is 2.11 bits per heavy atom. The molecule has 0 unspecified atom stereocenters. The van der Waals surface area contributed by atoms with Crippen LogP contribution in [-0.4, -0.2) is 31.6 Å². The second-order valence-corrected chi connectivity index (χ2v) is 5.40. The SMILES string of the molecule is COC(=O)c1scc(C)c1NC(=O)CCNC(C)C. The number of ether oxygens (including phenoxy) is 1. The molecular formula is C13H20N2O3S. The van der Waals surface area contributed by atoms with Crippen LogP contribution in [-0.2, 0) is 9.53 Å². The van der Waals surface area contributed by atoms with Crippen LogP contribution >= 0.6 is 11.3 Å². The van der Waals surface area contributed by atoms with Crippen LogP contribution in [0.3, 0.4) is 0 Å². The van der Waals surface area contributed by atoms with E-state index in [2.05, 4.69) is 10.6 Å². The van der Waals surface area contributed by atoms with Crippen LogP contribution in [0.15, 0.2) is 5.38 Å². The number of thiophene rings is 1. The molecule has 0 aliphatic rings. The maximum Gasteiger partial charge on any atom is 0.350 e. The van der Waals surface area contributed by atoms with Crippen molar-refractivity contribution in [1.29, 1.82) is 0 Å². The molecule has 0 radical (unpaired) electrons. The average molecular weight is 284 g/mol. The van der Waals surface area contributed by atoms with Gasteiger partial charge in [0.1, 0.15) is 4.88 Å². The normalized spacial score (nSPS) is 10.6. The van der Waals surface area contributed by atoms with Crippen LogP contribution in [0.4, 0.5) is 5.69 Å². The molecule has 1 rings (SSSR count). The molecule has 106 valence electrons. The van der Waals surface area contributed by atoms with E-state index in [9.17, 15) is 9.59 Å². The highest BCUT2D eigenvalue weighted by Crippen LogP contribution is 2.28. The summed E-state index contributed by atoms with van der Waals surface area (Å²) in [7, 11) is 1.33. The smallest absolute Gasteiger partial charge is 0.350 e. The van der Waals surface area contributed by atoms with E-state index in [0.29, 0.717) is 29.6 Å². The highest BCUT2D eigenvalue weighted by atomic mass is 32.1.